The van der Waals surface area contributed by atoms with E-state index in [2.05, 4.69) is 5.32 Å². The highest BCUT2D eigenvalue weighted by molar-refractivity contribution is 6.00. The Bertz CT molecular complexity index is 371. The van der Waals surface area contributed by atoms with E-state index in [1.807, 2.05) is 19.1 Å². The number of fused-ring (bicyclic) bond motifs is 1. The van der Waals surface area contributed by atoms with Crippen LogP contribution in [0.2, 0.25) is 0 Å². The third-order valence-electron chi connectivity index (χ3n) is 2.39. The molecule has 0 bridgehead atoms. The van der Waals surface area contributed by atoms with Crippen molar-refractivity contribution in [2.75, 3.05) is 7.11 Å². The number of rotatable bonds is 1. The van der Waals surface area contributed by atoms with Crippen LogP contribution in [-0.2, 0) is 6.54 Å². The van der Waals surface area contributed by atoms with E-state index in [0.29, 0.717) is 6.54 Å². The fraction of sp³-hybridized carbons (Fsp3) is 0.300. The quantitative estimate of drug-likeness (QED) is 0.701. The number of benzene rings is 1. The molecule has 0 aromatic heterocycles. The van der Waals surface area contributed by atoms with E-state index in [0.717, 1.165) is 22.4 Å². The number of carbonyl (C=O) groups excluding carboxylic acids is 1. The van der Waals surface area contributed by atoms with Crippen LogP contribution in [0.4, 0.5) is 0 Å². The summed E-state index contributed by atoms with van der Waals surface area (Å²) in [4.78, 5) is 11.4. The SMILES string of the molecule is COc1ccc2c(c1C)C(=O)NC2. The van der Waals surface area contributed by atoms with Crippen molar-refractivity contribution in [3.63, 3.8) is 0 Å². The molecule has 1 N–H and O–H groups in total. The van der Waals surface area contributed by atoms with Gasteiger partial charge in [0, 0.05) is 12.1 Å². The zero-order chi connectivity index (χ0) is 9.42. The Morgan fingerprint density at radius 1 is 1.46 bits per heavy atom. The molecule has 1 heterocycles. The van der Waals surface area contributed by atoms with Crippen LogP contribution in [0, 0.1) is 6.92 Å². The summed E-state index contributed by atoms with van der Waals surface area (Å²) < 4.78 is 5.14. The molecule has 0 saturated heterocycles. The van der Waals surface area contributed by atoms with E-state index in [-0.39, 0.29) is 5.91 Å². The minimum atomic E-state index is 0.00593. The lowest BCUT2D eigenvalue weighted by Gasteiger charge is -2.07. The molecule has 1 aromatic carbocycles. The minimum absolute atomic E-state index is 0.00593. The summed E-state index contributed by atoms with van der Waals surface area (Å²) >= 11 is 0. The molecule has 2 rings (SSSR count). The predicted molar refractivity (Wildman–Crippen MR) is 48.9 cm³/mol. The molecule has 68 valence electrons. The lowest BCUT2D eigenvalue weighted by atomic mass is 10.0. The van der Waals surface area contributed by atoms with E-state index >= 15 is 0 Å². The molecule has 0 atom stereocenters. The van der Waals surface area contributed by atoms with Crippen molar-refractivity contribution >= 4 is 5.91 Å². The minimum Gasteiger partial charge on any atom is -0.496 e. The largest absolute Gasteiger partial charge is 0.496 e. The maximum absolute atomic E-state index is 11.4. The van der Waals surface area contributed by atoms with Crippen molar-refractivity contribution in [2.45, 2.75) is 13.5 Å². The fourth-order valence-corrected chi connectivity index (χ4v) is 1.70. The molecule has 1 aromatic rings. The zero-order valence-electron chi connectivity index (χ0n) is 7.68. The van der Waals surface area contributed by atoms with Crippen LogP contribution >= 0.6 is 0 Å². The van der Waals surface area contributed by atoms with Crippen LogP contribution in [-0.4, -0.2) is 13.0 Å². The molecule has 3 nitrogen and oxygen atoms in total. The number of hydrogen-bond donors (Lipinski definition) is 1. The first-order chi connectivity index (χ1) is 6.24. The summed E-state index contributed by atoms with van der Waals surface area (Å²) in [6.45, 7) is 2.54. The third kappa shape index (κ3) is 1.08. The fourth-order valence-electron chi connectivity index (χ4n) is 1.70. The van der Waals surface area contributed by atoms with Gasteiger partial charge in [-0.15, -0.1) is 0 Å². The zero-order valence-corrected chi connectivity index (χ0v) is 7.68. The molecule has 3 heteroatoms. The highest BCUT2D eigenvalue weighted by Crippen LogP contribution is 2.27. The Morgan fingerprint density at radius 3 is 2.92 bits per heavy atom. The monoisotopic (exact) mass is 177 g/mol. The molecule has 0 unspecified atom stereocenters. The Balaban J connectivity index is 2.63. The van der Waals surface area contributed by atoms with Crippen LogP contribution in [0.25, 0.3) is 0 Å². The van der Waals surface area contributed by atoms with Gasteiger partial charge < -0.3 is 10.1 Å². The van der Waals surface area contributed by atoms with Gasteiger partial charge in [0.15, 0.2) is 0 Å². The van der Waals surface area contributed by atoms with Crippen LogP contribution in [0.3, 0.4) is 0 Å². The van der Waals surface area contributed by atoms with Gasteiger partial charge in [0.25, 0.3) is 5.91 Å². The van der Waals surface area contributed by atoms with Gasteiger partial charge in [-0.25, -0.2) is 0 Å². The molecule has 1 aliphatic heterocycles. The normalized spacial score (nSPS) is 13.8. The Hall–Kier alpha value is -1.51. The highest BCUT2D eigenvalue weighted by atomic mass is 16.5. The van der Waals surface area contributed by atoms with Crippen LogP contribution in [0.1, 0.15) is 21.5 Å². The average Bonchev–Trinajstić information content (AvgIpc) is 2.49. The topological polar surface area (TPSA) is 38.3 Å². The van der Waals surface area contributed by atoms with Gasteiger partial charge in [0.1, 0.15) is 5.75 Å². The van der Waals surface area contributed by atoms with Gasteiger partial charge in [-0.1, -0.05) is 6.07 Å². The van der Waals surface area contributed by atoms with Gasteiger partial charge >= 0.3 is 0 Å². The molecule has 13 heavy (non-hydrogen) atoms. The molecule has 0 aliphatic carbocycles. The van der Waals surface area contributed by atoms with Crippen molar-refractivity contribution in [1.29, 1.82) is 0 Å². The maximum Gasteiger partial charge on any atom is 0.252 e. The first kappa shape index (κ1) is 8.10. The number of methoxy groups -OCH3 is 1. The smallest absolute Gasteiger partial charge is 0.252 e. The molecule has 0 radical (unpaired) electrons. The Labute approximate surface area is 76.7 Å². The second kappa shape index (κ2) is 2.76. The van der Waals surface area contributed by atoms with E-state index in [1.54, 1.807) is 7.11 Å². The highest BCUT2D eigenvalue weighted by Gasteiger charge is 2.22. The summed E-state index contributed by atoms with van der Waals surface area (Å²) in [7, 11) is 1.61. The molecule has 0 saturated carbocycles. The maximum atomic E-state index is 11.4. The Morgan fingerprint density at radius 2 is 2.23 bits per heavy atom. The predicted octanol–water partition coefficient (Wildman–Crippen LogP) is 1.25. The van der Waals surface area contributed by atoms with Crippen molar-refractivity contribution < 1.29 is 9.53 Å². The average molecular weight is 177 g/mol. The van der Waals surface area contributed by atoms with Crippen LogP contribution < -0.4 is 10.1 Å². The summed E-state index contributed by atoms with van der Waals surface area (Å²) in [6, 6.07) is 3.83. The second-order valence-corrected chi connectivity index (χ2v) is 3.11. The van der Waals surface area contributed by atoms with Gasteiger partial charge in [-0.2, -0.15) is 0 Å². The summed E-state index contributed by atoms with van der Waals surface area (Å²) in [5.41, 5.74) is 2.76. The Kier molecular flexibility index (Phi) is 1.72. The van der Waals surface area contributed by atoms with E-state index in [9.17, 15) is 4.79 Å². The lowest BCUT2D eigenvalue weighted by molar-refractivity contribution is 0.0965. The first-order valence-corrected chi connectivity index (χ1v) is 4.18. The van der Waals surface area contributed by atoms with Crippen LogP contribution in [0.15, 0.2) is 12.1 Å². The molecule has 0 fully saturated rings. The number of ether oxygens (including phenoxy) is 1. The molecule has 0 spiro atoms. The first-order valence-electron chi connectivity index (χ1n) is 4.18. The summed E-state index contributed by atoms with van der Waals surface area (Å²) in [6.07, 6.45) is 0. The van der Waals surface area contributed by atoms with Gasteiger partial charge in [0.05, 0.1) is 12.7 Å². The lowest BCUT2D eigenvalue weighted by Crippen LogP contribution is -2.13. The summed E-state index contributed by atoms with van der Waals surface area (Å²) in [5, 5.41) is 2.78. The molecular formula is C10H11NO2. The number of amides is 1. The molecular weight excluding hydrogens is 166 g/mol. The second-order valence-electron chi connectivity index (χ2n) is 3.11. The van der Waals surface area contributed by atoms with E-state index in [4.69, 9.17) is 4.74 Å². The van der Waals surface area contributed by atoms with Gasteiger partial charge in [0.2, 0.25) is 0 Å². The van der Waals surface area contributed by atoms with E-state index in [1.165, 1.54) is 0 Å². The van der Waals surface area contributed by atoms with E-state index < -0.39 is 0 Å². The van der Waals surface area contributed by atoms with Crippen LogP contribution in [0.5, 0.6) is 5.75 Å². The molecule has 1 aliphatic rings. The van der Waals surface area contributed by atoms with Crippen molar-refractivity contribution in [2.24, 2.45) is 0 Å². The van der Waals surface area contributed by atoms with Gasteiger partial charge in [-0.3, -0.25) is 4.79 Å². The number of nitrogens with one attached hydrogen (secondary N) is 1. The number of hydrogen-bond acceptors (Lipinski definition) is 2. The summed E-state index contributed by atoms with van der Waals surface area (Å²) in [5.74, 6) is 0.780. The van der Waals surface area contributed by atoms with Gasteiger partial charge in [-0.05, 0) is 18.6 Å². The van der Waals surface area contributed by atoms with Crippen molar-refractivity contribution in [1.82, 2.24) is 5.32 Å². The van der Waals surface area contributed by atoms with Crippen molar-refractivity contribution in [3.05, 3.63) is 28.8 Å². The third-order valence-corrected chi connectivity index (χ3v) is 2.39. The standard InChI is InChI=1S/C10H11NO2/c1-6-8(13-2)4-3-7-5-11-10(12)9(6)7/h3-4H,5H2,1-2H3,(H,11,12). The van der Waals surface area contributed by atoms with Crippen molar-refractivity contribution in [3.8, 4) is 5.75 Å². The number of carbonyl (C=O) groups is 1. The molecule has 1 amide bonds.